The van der Waals surface area contributed by atoms with E-state index in [1.807, 2.05) is 0 Å². The van der Waals surface area contributed by atoms with Crippen molar-refractivity contribution in [3.05, 3.63) is 0 Å². The van der Waals surface area contributed by atoms with Crippen molar-refractivity contribution in [3.63, 3.8) is 0 Å². The molecule has 12 heavy (non-hydrogen) atoms. The Morgan fingerprint density at radius 2 is 1.75 bits per heavy atom. The number of hydrogen-bond acceptors (Lipinski definition) is 1. The van der Waals surface area contributed by atoms with Gasteiger partial charge < -0.3 is 5.11 Å². The van der Waals surface area contributed by atoms with Gasteiger partial charge in [-0.25, -0.2) is 0 Å². The van der Waals surface area contributed by atoms with Crippen LogP contribution < -0.4 is 0 Å². The zero-order valence-electron chi connectivity index (χ0n) is 8.21. The first kappa shape index (κ1) is 8.55. The number of fused-ring (bicyclic) bond motifs is 2. The highest BCUT2D eigenvalue weighted by molar-refractivity contribution is 5.01. The second-order valence-electron chi connectivity index (χ2n) is 5.30. The van der Waals surface area contributed by atoms with Gasteiger partial charge in [0.1, 0.15) is 0 Å². The Balaban J connectivity index is 1.92. The summed E-state index contributed by atoms with van der Waals surface area (Å²) in [4.78, 5) is 0. The van der Waals surface area contributed by atoms with Crippen molar-refractivity contribution < 1.29 is 5.11 Å². The fourth-order valence-corrected chi connectivity index (χ4v) is 3.24. The number of aliphatic hydroxyl groups excluding tert-OH is 1. The van der Waals surface area contributed by atoms with Crippen molar-refractivity contribution in [2.45, 2.75) is 39.5 Å². The second kappa shape index (κ2) is 2.73. The van der Waals surface area contributed by atoms with Crippen LogP contribution in [0, 0.1) is 23.2 Å². The van der Waals surface area contributed by atoms with Gasteiger partial charge in [0.2, 0.25) is 0 Å². The molecule has 0 aliphatic heterocycles. The average molecular weight is 168 g/mol. The molecule has 3 atom stereocenters. The molecule has 70 valence electrons. The normalized spacial score (nSPS) is 43.8. The third-order valence-electron chi connectivity index (χ3n) is 4.45. The van der Waals surface area contributed by atoms with Crippen molar-refractivity contribution in [3.8, 4) is 0 Å². The Morgan fingerprint density at radius 1 is 1.17 bits per heavy atom. The fourth-order valence-electron chi connectivity index (χ4n) is 3.24. The summed E-state index contributed by atoms with van der Waals surface area (Å²) in [5.74, 6) is 2.77. The first-order valence-corrected chi connectivity index (χ1v) is 5.25. The van der Waals surface area contributed by atoms with Gasteiger partial charge >= 0.3 is 0 Å². The first-order valence-electron chi connectivity index (χ1n) is 5.25. The lowest BCUT2D eigenvalue weighted by Gasteiger charge is -2.59. The van der Waals surface area contributed by atoms with E-state index in [1.165, 1.54) is 19.3 Å². The van der Waals surface area contributed by atoms with Crippen molar-refractivity contribution in [1.29, 1.82) is 0 Å². The summed E-state index contributed by atoms with van der Waals surface area (Å²) < 4.78 is 0. The first-order chi connectivity index (χ1) is 5.64. The highest BCUT2D eigenvalue weighted by atomic mass is 16.3. The molecule has 3 aliphatic carbocycles. The molecule has 3 fully saturated rings. The fraction of sp³-hybridized carbons (Fsp3) is 1.00. The van der Waals surface area contributed by atoms with Gasteiger partial charge in [-0.1, -0.05) is 13.8 Å². The molecule has 2 unspecified atom stereocenters. The Hall–Kier alpha value is -0.0400. The van der Waals surface area contributed by atoms with Crippen LogP contribution in [-0.4, -0.2) is 11.7 Å². The zero-order valence-corrected chi connectivity index (χ0v) is 8.21. The largest absolute Gasteiger partial charge is 0.396 e. The molecule has 1 nitrogen and oxygen atoms in total. The van der Waals surface area contributed by atoms with Crippen LogP contribution in [0.5, 0.6) is 0 Å². The standard InChI is InChI=1S/C11H20O/c1-11(2)9-5-8(3-4-12)6-10(11)7-9/h8-10,12H,3-7H2,1-2H3/t8?,9-,10?/m0/s1. The molecule has 0 radical (unpaired) electrons. The topological polar surface area (TPSA) is 20.2 Å². The number of rotatable bonds is 2. The van der Waals surface area contributed by atoms with Gasteiger partial charge in [0.15, 0.2) is 0 Å². The highest BCUT2D eigenvalue weighted by Gasteiger charge is 2.52. The lowest BCUT2D eigenvalue weighted by Crippen LogP contribution is -2.50. The van der Waals surface area contributed by atoms with E-state index in [2.05, 4.69) is 13.8 Å². The average Bonchev–Trinajstić information content (AvgIpc) is 2.05. The van der Waals surface area contributed by atoms with E-state index in [-0.39, 0.29) is 0 Å². The molecule has 0 aromatic heterocycles. The van der Waals surface area contributed by atoms with E-state index < -0.39 is 0 Å². The Morgan fingerprint density at radius 3 is 2.17 bits per heavy atom. The summed E-state index contributed by atoms with van der Waals surface area (Å²) in [7, 11) is 0. The highest BCUT2D eigenvalue weighted by Crippen LogP contribution is 2.60. The number of hydrogen-bond donors (Lipinski definition) is 1. The maximum atomic E-state index is 8.85. The van der Waals surface area contributed by atoms with Crippen LogP contribution in [0.25, 0.3) is 0 Å². The number of aliphatic hydroxyl groups is 1. The smallest absolute Gasteiger partial charge is 0.0433 e. The third-order valence-corrected chi connectivity index (χ3v) is 4.45. The van der Waals surface area contributed by atoms with Crippen molar-refractivity contribution in [1.82, 2.24) is 0 Å². The molecule has 2 bridgehead atoms. The summed E-state index contributed by atoms with van der Waals surface area (Å²) in [6.45, 7) is 5.23. The lowest BCUT2D eigenvalue weighted by atomic mass is 9.46. The summed E-state index contributed by atoms with van der Waals surface area (Å²) >= 11 is 0. The zero-order chi connectivity index (χ0) is 8.77. The maximum Gasteiger partial charge on any atom is 0.0433 e. The minimum atomic E-state index is 0.393. The van der Waals surface area contributed by atoms with E-state index in [4.69, 9.17) is 5.11 Å². The van der Waals surface area contributed by atoms with Crippen LogP contribution in [0.3, 0.4) is 0 Å². The molecular weight excluding hydrogens is 148 g/mol. The van der Waals surface area contributed by atoms with Gasteiger partial charge in [-0.05, 0) is 48.9 Å². The molecule has 3 saturated carbocycles. The van der Waals surface area contributed by atoms with Gasteiger partial charge in [-0.2, -0.15) is 0 Å². The van der Waals surface area contributed by atoms with E-state index in [0.717, 1.165) is 24.2 Å². The molecule has 0 aromatic rings. The van der Waals surface area contributed by atoms with Gasteiger partial charge in [0.05, 0.1) is 0 Å². The van der Waals surface area contributed by atoms with Gasteiger partial charge in [-0.15, -0.1) is 0 Å². The van der Waals surface area contributed by atoms with Crippen molar-refractivity contribution in [2.75, 3.05) is 6.61 Å². The second-order valence-corrected chi connectivity index (χ2v) is 5.30. The summed E-state index contributed by atoms with van der Waals surface area (Å²) in [6, 6.07) is 0. The van der Waals surface area contributed by atoms with Crippen LogP contribution in [0.2, 0.25) is 0 Å². The lowest BCUT2D eigenvalue weighted by molar-refractivity contribution is -0.0929. The van der Waals surface area contributed by atoms with E-state index in [9.17, 15) is 0 Å². The molecule has 0 aromatic carbocycles. The van der Waals surface area contributed by atoms with Gasteiger partial charge in [0, 0.05) is 6.61 Å². The van der Waals surface area contributed by atoms with Crippen LogP contribution in [0.4, 0.5) is 0 Å². The van der Waals surface area contributed by atoms with Crippen LogP contribution in [0.15, 0.2) is 0 Å². The Labute approximate surface area is 75.2 Å². The molecule has 0 amide bonds. The maximum absolute atomic E-state index is 8.85. The quantitative estimate of drug-likeness (QED) is 0.671. The van der Waals surface area contributed by atoms with Gasteiger partial charge in [0.25, 0.3) is 0 Å². The Bertz CT molecular complexity index is 160. The van der Waals surface area contributed by atoms with Crippen molar-refractivity contribution >= 4 is 0 Å². The van der Waals surface area contributed by atoms with Crippen LogP contribution in [-0.2, 0) is 0 Å². The summed E-state index contributed by atoms with van der Waals surface area (Å²) in [5.41, 5.74) is 0.631. The van der Waals surface area contributed by atoms with E-state index >= 15 is 0 Å². The molecule has 3 aliphatic rings. The predicted octanol–water partition coefficient (Wildman–Crippen LogP) is 2.44. The summed E-state index contributed by atoms with van der Waals surface area (Å²) in [6.07, 6.45) is 5.27. The minimum Gasteiger partial charge on any atom is -0.396 e. The molecule has 0 heterocycles. The molecule has 1 heteroatoms. The van der Waals surface area contributed by atoms with Crippen LogP contribution in [0.1, 0.15) is 39.5 Å². The molecule has 3 rings (SSSR count). The molecule has 0 spiro atoms. The van der Waals surface area contributed by atoms with Gasteiger partial charge in [-0.3, -0.25) is 0 Å². The third kappa shape index (κ3) is 1.10. The molecular formula is C11H20O. The van der Waals surface area contributed by atoms with Crippen molar-refractivity contribution in [2.24, 2.45) is 23.2 Å². The van der Waals surface area contributed by atoms with Crippen LogP contribution >= 0.6 is 0 Å². The SMILES string of the molecule is CC1(C)C2CC(CCO)C[C@H]1C2. The predicted molar refractivity (Wildman–Crippen MR) is 49.8 cm³/mol. The minimum absolute atomic E-state index is 0.393. The van der Waals surface area contributed by atoms with E-state index in [1.54, 1.807) is 0 Å². The summed E-state index contributed by atoms with van der Waals surface area (Å²) in [5, 5.41) is 8.85. The van der Waals surface area contributed by atoms with E-state index in [0.29, 0.717) is 12.0 Å². The molecule has 0 saturated heterocycles. The molecule has 1 N–H and O–H groups in total. The monoisotopic (exact) mass is 168 g/mol. The Kier molecular flexibility index (Phi) is 1.95.